The topological polar surface area (TPSA) is 90.1 Å². The summed E-state index contributed by atoms with van der Waals surface area (Å²) in [5.41, 5.74) is 1.87. The van der Waals surface area contributed by atoms with E-state index in [1.54, 1.807) is 29.2 Å². The highest BCUT2D eigenvalue weighted by atomic mass is 32.1. The van der Waals surface area contributed by atoms with Crippen molar-refractivity contribution >= 4 is 51.7 Å². The summed E-state index contributed by atoms with van der Waals surface area (Å²) in [6.45, 7) is 2.22. The number of H-pyrrole nitrogens is 1. The van der Waals surface area contributed by atoms with Crippen molar-refractivity contribution in [1.82, 2.24) is 15.2 Å². The third-order valence-electron chi connectivity index (χ3n) is 6.50. The van der Waals surface area contributed by atoms with Crippen molar-refractivity contribution < 1.29 is 27.8 Å². The minimum atomic E-state index is -0.561. The first-order valence-electron chi connectivity index (χ1n) is 11.7. The number of nitrogens with zero attached hydrogens (tertiary/aromatic N) is 3. The second-order valence-electron chi connectivity index (χ2n) is 8.82. The number of fused-ring (bicyclic) bond motifs is 1. The van der Waals surface area contributed by atoms with Gasteiger partial charge < -0.3 is 29.6 Å². The number of thiocarbonyl (C=S) groups is 1. The van der Waals surface area contributed by atoms with Crippen molar-refractivity contribution in [3.8, 4) is 0 Å². The van der Waals surface area contributed by atoms with E-state index in [4.69, 9.17) is 21.7 Å². The van der Waals surface area contributed by atoms with Gasteiger partial charge in [0.2, 0.25) is 0 Å². The van der Waals surface area contributed by atoms with Crippen molar-refractivity contribution in [2.45, 2.75) is 6.10 Å². The molecule has 3 heterocycles. The predicted molar refractivity (Wildman–Crippen MR) is 138 cm³/mol. The van der Waals surface area contributed by atoms with Crippen molar-refractivity contribution in [2.75, 3.05) is 56.2 Å². The number of cyclic esters (lactones) is 1. The Bertz CT molecular complexity index is 1360. The quantitative estimate of drug-likeness (QED) is 0.491. The zero-order chi connectivity index (χ0) is 26.1. The Kier molecular flexibility index (Phi) is 6.83. The van der Waals surface area contributed by atoms with Gasteiger partial charge in [-0.1, -0.05) is 0 Å². The second-order valence-corrected chi connectivity index (χ2v) is 9.19. The van der Waals surface area contributed by atoms with Crippen LogP contribution in [-0.2, 0) is 9.47 Å². The summed E-state index contributed by atoms with van der Waals surface area (Å²) >= 11 is 4.92. The first kappa shape index (κ1) is 24.8. The highest BCUT2D eigenvalue weighted by molar-refractivity contribution is 7.80. The van der Waals surface area contributed by atoms with Crippen LogP contribution in [0.5, 0.6) is 0 Å². The Morgan fingerprint density at radius 1 is 1.16 bits per heavy atom. The molecule has 2 aromatic carbocycles. The normalized spacial score (nSPS) is 17.8. The van der Waals surface area contributed by atoms with Crippen LogP contribution in [0.3, 0.4) is 0 Å². The van der Waals surface area contributed by atoms with Gasteiger partial charge in [-0.05, 0) is 54.7 Å². The lowest BCUT2D eigenvalue weighted by Gasteiger charge is -2.36. The maximum Gasteiger partial charge on any atom is 0.414 e. The monoisotopic (exact) mass is 529 g/mol. The fourth-order valence-corrected chi connectivity index (χ4v) is 4.65. The number of carbonyl (C=O) groups excluding carboxylic acids is 2. The first-order chi connectivity index (χ1) is 17.8. The van der Waals surface area contributed by atoms with Crippen LogP contribution in [0.15, 0.2) is 42.5 Å². The van der Waals surface area contributed by atoms with E-state index >= 15 is 4.39 Å². The van der Waals surface area contributed by atoms with Gasteiger partial charge in [0.05, 0.1) is 31.6 Å². The van der Waals surface area contributed by atoms with Crippen molar-refractivity contribution in [2.24, 2.45) is 0 Å². The number of nitrogens with one attached hydrogen (secondary N) is 2. The van der Waals surface area contributed by atoms with E-state index in [9.17, 15) is 14.0 Å². The molecule has 0 spiro atoms. The van der Waals surface area contributed by atoms with Gasteiger partial charge in [-0.25, -0.2) is 13.6 Å². The lowest BCUT2D eigenvalue weighted by molar-refractivity contribution is 0.0741. The van der Waals surface area contributed by atoms with Gasteiger partial charge >= 0.3 is 6.09 Å². The molecule has 2 aliphatic heterocycles. The Hall–Kier alpha value is -3.93. The highest BCUT2D eigenvalue weighted by Gasteiger charge is 2.33. The molecule has 1 unspecified atom stereocenters. The molecule has 9 nitrogen and oxygen atoms in total. The molecule has 0 saturated carbocycles. The van der Waals surface area contributed by atoms with Crippen LogP contribution >= 0.6 is 12.2 Å². The largest absolute Gasteiger partial charge is 0.474 e. The van der Waals surface area contributed by atoms with Crippen LogP contribution in [0.1, 0.15) is 10.5 Å². The number of piperazine rings is 1. The lowest BCUT2D eigenvalue weighted by Crippen LogP contribution is -2.49. The first-order valence-corrected chi connectivity index (χ1v) is 12.1. The third-order valence-corrected chi connectivity index (χ3v) is 6.81. The molecule has 1 aromatic heterocycles. The molecule has 0 bridgehead atoms. The van der Waals surface area contributed by atoms with E-state index in [0.717, 1.165) is 0 Å². The number of ether oxygens (including phenoxy) is 2. The molecule has 0 radical (unpaired) electrons. The summed E-state index contributed by atoms with van der Waals surface area (Å²) in [7, 11) is 1.44. The summed E-state index contributed by atoms with van der Waals surface area (Å²) in [5.74, 6) is -1.02. The summed E-state index contributed by atoms with van der Waals surface area (Å²) in [6.07, 6.45) is -1.01. The number of hydrogen-bond acceptors (Lipinski definition) is 6. The highest BCUT2D eigenvalue weighted by Crippen LogP contribution is 2.29. The molecule has 0 aliphatic carbocycles. The number of amides is 2. The molecular formula is C25H25F2N5O4S. The third kappa shape index (κ3) is 5.15. The predicted octanol–water partition coefficient (Wildman–Crippen LogP) is 3.25. The number of rotatable bonds is 5. The Balaban J connectivity index is 1.20. The number of carbonyl (C=O) groups is 2. The molecule has 2 amide bonds. The summed E-state index contributed by atoms with van der Waals surface area (Å²) in [6, 6.07) is 10.6. The molecule has 3 aromatic rings. The van der Waals surface area contributed by atoms with Crippen molar-refractivity contribution in [3.05, 3.63) is 59.8 Å². The number of aromatic nitrogens is 1. The maximum absolute atomic E-state index is 15.1. The van der Waals surface area contributed by atoms with Gasteiger partial charge in [-0.3, -0.25) is 9.69 Å². The zero-order valence-corrected chi connectivity index (χ0v) is 20.8. The van der Waals surface area contributed by atoms with Gasteiger partial charge in [0, 0.05) is 37.1 Å². The Morgan fingerprint density at radius 2 is 1.95 bits per heavy atom. The summed E-state index contributed by atoms with van der Waals surface area (Å²) in [5, 5.41) is 3.67. The lowest BCUT2D eigenvalue weighted by atomic mass is 10.2. The fraction of sp³-hybridized carbons (Fsp3) is 0.320. The van der Waals surface area contributed by atoms with Gasteiger partial charge in [-0.2, -0.15) is 0 Å². The van der Waals surface area contributed by atoms with E-state index in [2.05, 4.69) is 10.3 Å². The van der Waals surface area contributed by atoms with Crippen LogP contribution in [-0.4, -0.2) is 79.5 Å². The molecule has 2 N–H and O–H groups in total. The summed E-state index contributed by atoms with van der Waals surface area (Å²) < 4.78 is 38.8. The molecular weight excluding hydrogens is 504 g/mol. The van der Waals surface area contributed by atoms with E-state index in [1.807, 2.05) is 4.90 Å². The molecule has 1 atom stereocenters. The smallest absolute Gasteiger partial charge is 0.414 e. The van der Waals surface area contributed by atoms with E-state index in [0.29, 0.717) is 54.2 Å². The van der Waals surface area contributed by atoms with E-state index < -0.39 is 18.0 Å². The summed E-state index contributed by atoms with van der Waals surface area (Å²) in [4.78, 5) is 33.2. The molecule has 194 valence electrons. The van der Waals surface area contributed by atoms with Gasteiger partial charge in [0.1, 0.15) is 23.4 Å². The molecule has 2 aliphatic rings. The van der Waals surface area contributed by atoms with Crippen LogP contribution in [0.25, 0.3) is 10.9 Å². The van der Waals surface area contributed by atoms with Gasteiger partial charge in [0.25, 0.3) is 11.1 Å². The number of halogens is 2. The second kappa shape index (κ2) is 10.2. The van der Waals surface area contributed by atoms with Crippen LogP contribution in [0.2, 0.25) is 0 Å². The average molecular weight is 530 g/mol. The average Bonchev–Trinajstić information content (AvgIpc) is 3.49. The Morgan fingerprint density at radius 3 is 2.68 bits per heavy atom. The van der Waals surface area contributed by atoms with Crippen molar-refractivity contribution in [1.29, 1.82) is 0 Å². The van der Waals surface area contributed by atoms with Gasteiger partial charge in [-0.15, -0.1) is 0 Å². The Labute approximate surface area is 216 Å². The molecule has 2 saturated heterocycles. The number of anilines is 2. The molecule has 2 fully saturated rings. The van der Waals surface area contributed by atoms with Crippen LogP contribution < -0.4 is 15.1 Å². The molecule has 37 heavy (non-hydrogen) atoms. The SMILES string of the molecule is COC(=S)NCC1CN(c2ccc(N3CCN(C(=O)c4cc5cc(F)ccc5[nH]4)CC3)c(F)c2)C(=O)O1. The van der Waals surface area contributed by atoms with E-state index in [1.165, 1.54) is 30.2 Å². The van der Waals surface area contributed by atoms with Crippen LogP contribution in [0.4, 0.5) is 25.0 Å². The number of aromatic amines is 1. The standard InChI is InChI=1S/C25H25F2N5O4S/c1-35-24(37)28-13-18-14-32(25(34)36-18)17-3-5-22(19(27)12-17)30-6-8-31(9-7-30)23(33)21-11-15-10-16(26)2-4-20(15)29-21/h2-5,10-12,18,29H,6-9,13-14H2,1H3,(H,28,37). The van der Waals surface area contributed by atoms with E-state index in [-0.39, 0.29) is 30.0 Å². The number of benzene rings is 2. The number of hydrogen-bond donors (Lipinski definition) is 2. The molecule has 12 heteroatoms. The maximum atomic E-state index is 15.1. The fourth-order valence-electron chi connectivity index (χ4n) is 4.57. The minimum Gasteiger partial charge on any atom is -0.474 e. The minimum absolute atomic E-state index is 0.185. The molecule has 5 rings (SSSR count). The van der Waals surface area contributed by atoms with Crippen LogP contribution in [0, 0.1) is 11.6 Å². The van der Waals surface area contributed by atoms with Crippen molar-refractivity contribution in [3.63, 3.8) is 0 Å². The number of methoxy groups -OCH3 is 1. The zero-order valence-electron chi connectivity index (χ0n) is 20.0. The van der Waals surface area contributed by atoms with Gasteiger partial charge in [0.15, 0.2) is 0 Å².